The van der Waals surface area contributed by atoms with E-state index in [1.807, 2.05) is 0 Å². The zero-order valence-electron chi connectivity index (χ0n) is 5.30. The molecule has 0 radical (unpaired) electrons. The summed E-state index contributed by atoms with van der Waals surface area (Å²) >= 11 is 4.25. The molecule has 2 heteroatoms. The molecule has 0 aromatic heterocycles. The van der Waals surface area contributed by atoms with Crippen LogP contribution in [0.4, 0.5) is 0 Å². The standard InChI is InChI=1S/C6H13NS/c1-6-3-2-4-7(8)5-6/h6,8H,2-5H2,1H3/t6-/m0/s1. The average molecular weight is 131 g/mol. The van der Waals surface area contributed by atoms with E-state index >= 15 is 0 Å². The molecule has 8 heavy (non-hydrogen) atoms. The van der Waals surface area contributed by atoms with Gasteiger partial charge in [-0.15, -0.1) is 0 Å². The fraction of sp³-hybridized carbons (Fsp3) is 1.00. The van der Waals surface area contributed by atoms with Crippen LogP contribution >= 0.6 is 12.8 Å². The quantitative estimate of drug-likeness (QED) is 0.488. The smallest absolute Gasteiger partial charge is 0.0113 e. The van der Waals surface area contributed by atoms with Crippen molar-refractivity contribution in [3.63, 3.8) is 0 Å². The fourth-order valence-corrected chi connectivity index (χ4v) is 1.58. The molecule has 1 heterocycles. The van der Waals surface area contributed by atoms with Crippen molar-refractivity contribution in [2.75, 3.05) is 13.1 Å². The molecule has 0 saturated carbocycles. The lowest BCUT2D eigenvalue weighted by molar-refractivity contribution is 0.305. The second-order valence-electron chi connectivity index (χ2n) is 2.66. The van der Waals surface area contributed by atoms with Gasteiger partial charge in [0.1, 0.15) is 0 Å². The highest BCUT2D eigenvalue weighted by Crippen LogP contribution is 2.15. The van der Waals surface area contributed by atoms with Crippen molar-refractivity contribution in [1.82, 2.24) is 4.31 Å². The third-order valence-corrected chi connectivity index (χ3v) is 2.00. The number of piperidine rings is 1. The summed E-state index contributed by atoms with van der Waals surface area (Å²) in [5, 5.41) is 0. The number of thiol groups is 1. The Kier molecular flexibility index (Phi) is 2.20. The van der Waals surface area contributed by atoms with E-state index in [0.29, 0.717) is 0 Å². The van der Waals surface area contributed by atoms with Crippen molar-refractivity contribution < 1.29 is 0 Å². The first-order chi connectivity index (χ1) is 3.79. The highest BCUT2D eigenvalue weighted by Gasteiger charge is 2.11. The number of nitrogens with zero attached hydrogens (tertiary/aromatic N) is 1. The Morgan fingerprint density at radius 2 is 2.38 bits per heavy atom. The summed E-state index contributed by atoms with van der Waals surface area (Å²) in [5.74, 6) is 0.862. The molecule has 0 amide bonds. The van der Waals surface area contributed by atoms with E-state index in [-0.39, 0.29) is 0 Å². The molecule has 1 aliphatic heterocycles. The summed E-state index contributed by atoms with van der Waals surface area (Å²) in [6.45, 7) is 4.62. The van der Waals surface area contributed by atoms with Gasteiger partial charge in [0, 0.05) is 13.1 Å². The molecule has 1 nitrogen and oxygen atoms in total. The van der Waals surface area contributed by atoms with Gasteiger partial charge in [0.25, 0.3) is 0 Å². The molecule has 1 atom stereocenters. The maximum Gasteiger partial charge on any atom is 0.0113 e. The molecule has 0 aromatic rings. The second kappa shape index (κ2) is 2.74. The molecular formula is C6H13NS. The van der Waals surface area contributed by atoms with Crippen LogP contribution in [0.3, 0.4) is 0 Å². The molecular weight excluding hydrogens is 118 g/mol. The molecule has 0 N–H and O–H groups in total. The molecule has 1 saturated heterocycles. The van der Waals surface area contributed by atoms with E-state index in [9.17, 15) is 0 Å². The summed E-state index contributed by atoms with van der Waals surface area (Å²) < 4.78 is 2.11. The van der Waals surface area contributed by atoms with E-state index < -0.39 is 0 Å². The predicted molar refractivity (Wildman–Crippen MR) is 39.0 cm³/mol. The molecule has 48 valence electrons. The summed E-state index contributed by atoms with van der Waals surface area (Å²) in [6, 6.07) is 0. The van der Waals surface area contributed by atoms with Gasteiger partial charge in [-0.25, -0.2) is 0 Å². The van der Waals surface area contributed by atoms with Crippen molar-refractivity contribution in [1.29, 1.82) is 0 Å². The largest absolute Gasteiger partial charge is 0.253 e. The maximum absolute atomic E-state index is 4.25. The van der Waals surface area contributed by atoms with E-state index in [1.54, 1.807) is 0 Å². The Morgan fingerprint density at radius 3 is 2.75 bits per heavy atom. The summed E-state index contributed by atoms with van der Waals surface area (Å²) in [7, 11) is 0. The maximum atomic E-state index is 4.25. The lowest BCUT2D eigenvalue weighted by Gasteiger charge is -2.25. The Morgan fingerprint density at radius 1 is 1.62 bits per heavy atom. The van der Waals surface area contributed by atoms with E-state index in [2.05, 4.69) is 24.0 Å². The molecule has 1 rings (SSSR count). The topological polar surface area (TPSA) is 3.24 Å². The van der Waals surface area contributed by atoms with Crippen molar-refractivity contribution in [3.8, 4) is 0 Å². The SMILES string of the molecule is C[C@H]1CCCN(S)C1. The van der Waals surface area contributed by atoms with Crippen molar-refractivity contribution in [2.45, 2.75) is 19.8 Å². The molecule has 0 bridgehead atoms. The van der Waals surface area contributed by atoms with E-state index in [0.717, 1.165) is 5.92 Å². The van der Waals surface area contributed by atoms with Crippen LogP contribution in [0.1, 0.15) is 19.8 Å². The Balaban J connectivity index is 2.23. The van der Waals surface area contributed by atoms with Crippen molar-refractivity contribution in [2.24, 2.45) is 5.92 Å². The van der Waals surface area contributed by atoms with Gasteiger partial charge in [0.2, 0.25) is 0 Å². The van der Waals surface area contributed by atoms with Crippen LogP contribution in [-0.2, 0) is 0 Å². The molecule has 0 spiro atoms. The monoisotopic (exact) mass is 131 g/mol. The second-order valence-corrected chi connectivity index (χ2v) is 3.23. The summed E-state index contributed by atoms with van der Waals surface area (Å²) in [4.78, 5) is 0. The highest BCUT2D eigenvalue weighted by molar-refractivity contribution is 7.77. The first-order valence-electron chi connectivity index (χ1n) is 3.23. The highest BCUT2D eigenvalue weighted by atomic mass is 32.1. The third kappa shape index (κ3) is 1.67. The van der Waals surface area contributed by atoms with Gasteiger partial charge in [-0.2, -0.15) is 0 Å². The fourth-order valence-electron chi connectivity index (χ4n) is 1.16. The molecule has 0 unspecified atom stereocenters. The summed E-state index contributed by atoms with van der Waals surface area (Å²) in [6.07, 6.45) is 2.71. The van der Waals surface area contributed by atoms with E-state index in [1.165, 1.54) is 25.9 Å². The van der Waals surface area contributed by atoms with Gasteiger partial charge in [-0.3, -0.25) is 4.31 Å². The van der Waals surface area contributed by atoms with Crippen LogP contribution in [0.5, 0.6) is 0 Å². The first kappa shape index (κ1) is 6.43. The van der Waals surface area contributed by atoms with Gasteiger partial charge in [0.05, 0.1) is 0 Å². The minimum atomic E-state index is 0.862. The van der Waals surface area contributed by atoms with Crippen LogP contribution in [0.25, 0.3) is 0 Å². The zero-order valence-corrected chi connectivity index (χ0v) is 6.19. The van der Waals surface area contributed by atoms with Crippen molar-refractivity contribution in [3.05, 3.63) is 0 Å². The van der Waals surface area contributed by atoms with E-state index in [4.69, 9.17) is 0 Å². The Hall–Kier alpha value is 0.310. The zero-order chi connectivity index (χ0) is 5.98. The van der Waals surface area contributed by atoms with Crippen LogP contribution in [0, 0.1) is 5.92 Å². The molecule has 0 aliphatic carbocycles. The number of rotatable bonds is 0. The van der Waals surface area contributed by atoms with Crippen LogP contribution in [-0.4, -0.2) is 17.4 Å². The normalized spacial score (nSPS) is 33.0. The van der Waals surface area contributed by atoms with Gasteiger partial charge >= 0.3 is 0 Å². The minimum absolute atomic E-state index is 0.862. The van der Waals surface area contributed by atoms with Gasteiger partial charge < -0.3 is 0 Å². The molecule has 1 fully saturated rings. The van der Waals surface area contributed by atoms with Crippen LogP contribution in [0.15, 0.2) is 0 Å². The van der Waals surface area contributed by atoms with Gasteiger partial charge in [0.15, 0.2) is 0 Å². The minimum Gasteiger partial charge on any atom is -0.253 e. The summed E-state index contributed by atoms with van der Waals surface area (Å²) in [5.41, 5.74) is 0. The van der Waals surface area contributed by atoms with Crippen LogP contribution < -0.4 is 0 Å². The lowest BCUT2D eigenvalue weighted by Crippen LogP contribution is -2.26. The third-order valence-electron chi connectivity index (χ3n) is 1.64. The van der Waals surface area contributed by atoms with Crippen LogP contribution in [0.2, 0.25) is 0 Å². The number of hydrogen-bond acceptors (Lipinski definition) is 2. The lowest BCUT2D eigenvalue weighted by atomic mass is 10.0. The average Bonchev–Trinajstić information content (AvgIpc) is 1.64. The predicted octanol–water partition coefficient (Wildman–Crippen LogP) is 1.56. The molecule has 1 aliphatic rings. The number of hydrogen-bond donors (Lipinski definition) is 1. The van der Waals surface area contributed by atoms with Gasteiger partial charge in [-0.1, -0.05) is 19.7 Å². The first-order valence-corrected chi connectivity index (χ1v) is 3.63. The van der Waals surface area contributed by atoms with Gasteiger partial charge in [-0.05, 0) is 18.8 Å². The molecule has 0 aromatic carbocycles. The Bertz CT molecular complexity index is 66.9. The van der Waals surface area contributed by atoms with Crippen molar-refractivity contribution >= 4 is 12.8 Å². The Labute approximate surface area is 56.6 Å².